The molecule has 1 aromatic rings. The summed E-state index contributed by atoms with van der Waals surface area (Å²) in [6.45, 7) is 4.62. The minimum Gasteiger partial charge on any atom is -0.314 e. The van der Waals surface area contributed by atoms with Crippen LogP contribution in [0.25, 0.3) is 0 Å². The van der Waals surface area contributed by atoms with Gasteiger partial charge in [-0.15, -0.1) is 0 Å². The largest absolute Gasteiger partial charge is 0.314 e. The van der Waals surface area contributed by atoms with Crippen molar-refractivity contribution in [3.8, 4) is 0 Å². The summed E-state index contributed by atoms with van der Waals surface area (Å²) in [5.41, 5.74) is 1.87. The quantitative estimate of drug-likeness (QED) is 0.895. The molecule has 104 valence electrons. The number of halogens is 1. The van der Waals surface area contributed by atoms with E-state index in [0.29, 0.717) is 5.54 Å². The van der Waals surface area contributed by atoms with Crippen LogP contribution >= 0.6 is 15.9 Å². The lowest BCUT2D eigenvalue weighted by molar-refractivity contribution is 0.0209. The van der Waals surface area contributed by atoms with Gasteiger partial charge in [-0.05, 0) is 30.5 Å². The second-order valence-electron chi connectivity index (χ2n) is 6.01. The molecule has 3 rings (SSSR count). The number of benzene rings is 1. The Morgan fingerprint density at radius 3 is 2.58 bits per heavy atom. The van der Waals surface area contributed by atoms with E-state index in [4.69, 9.17) is 0 Å². The number of hydrogen-bond acceptors (Lipinski definition) is 2. The Morgan fingerprint density at radius 2 is 1.84 bits per heavy atom. The van der Waals surface area contributed by atoms with E-state index >= 15 is 0 Å². The van der Waals surface area contributed by atoms with Crippen molar-refractivity contribution in [1.82, 2.24) is 10.2 Å². The highest BCUT2D eigenvalue weighted by Gasteiger charge is 2.39. The Hall–Kier alpha value is -0.380. The molecule has 0 aromatic heterocycles. The zero-order valence-corrected chi connectivity index (χ0v) is 13.1. The van der Waals surface area contributed by atoms with Crippen LogP contribution in [0.4, 0.5) is 0 Å². The maximum absolute atomic E-state index is 3.62. The predicted molar refractivity (Wildman–Crippen MR) is 83.2 cm³/mol. The van der Waals surface area contributed by atoms with E-state index in [2.05, 4.69) is 50.4 Å². The first kappa shape index (κ1) is 13.6. The van der Waals surface area contributed by atoms with Crippen molar-refractivity contribution < 1.29 is 0 Å². The number of nitrogens with zero attached hydrogens (tertiary/aromatic N) is 1. The Kier molecular flexibility index (Phi) is 4.25. The van der Waals surface area contributed by atoms with E-state index in [1.165, 1.54) is 55.2 Å². The van der Waals surface area contributed by atoms with Crippen LogP contribution in [0.2, 0.25) is 0 Å². The lowest BCUT2D eigenvalue weighted by Gasteiger charge is -2.50. The van der Waals surface area contributed by atoms with Gasteiger partial charge in [0.15, 0.2) is 0 Å². The summed E-state index contributed by atoms with van der Waals surface area (Å²) < 4.78 is 1.17. The van der Waals surface area contributed by atoms with E-state index in [1.54, 1.807) is 0 Å². The lowest BCUT2D eigenvalue weighted by Crippen LogP contribution is -2.61. The molecule has 1 aliphatic carbocycles. The molecule has 0 atom stereocenters. The van der Waals surface area contributed by atoms with Crippen molar-refractivity contribution in [2.24, 2.45) is 0 Å². The van der Waals surface area contributed by atoms with Crippen molar-refractivity contribution in [1.29, 1.82) is 0 Å². The molecule has 19 heavy (non-hydrogen) atoms. The normalized spacial score (nSPS) is 23.6. The molecule has 1 aliphatic heterocycles. The van der Waals surface area contributed by atoms with Gasteiger partial charge < -0.3 is 5.32 Å². The van der Waals surface area contributed by atoms with Crippen LogP contribution in [0, 0.1) is 0 Å². The molecule has 0 amide bonds. The van der Waals surface area contributed by atoms with Crippen molar-refractivity contribution in [3.05, 3.63) is 34.3 Å². The lowest BCUT2D eigenvalue weighted by atomic mass is 9.79. The van der Waals surface area contributed by atoms with Gasteiger partial charge in [-0.3, -0.25) is 4.90 Å². The van der Waals surface area contributed by atoms with Gasteiger partial charge >= 0.3 is 0 Å². The molecule has 1 aromatic carbocycles. The number of nitrogens with one attached hydrogen (secondary N) is 1. The molecule has 0 unspecified atom stereocenters. The minimum atomic E-state index is 0.434. The Labute approximate surface area is 124 Å². The second-order valence-corrected chi connectivity index (χ2v) is 6.93. The van der Waals surface area contributed by atoms with Crippen molar-refractivity contribution in [2.45, 2.75) is 44.2 Å². The molecule has 1 heterocycles. The molecule has 2 nitrogen and oxygen atoms in total. The van der Waals surface area contributed by atoms with Gasteiger partial charge in [0.05, 0.1) is 0 Å². The highest BCUT2D eigenvalue weighted by Crippen LogP contribution is 2.35. The average molecular weight is 323 g/mol. The predicted octanol–water partition coefficient (Wildman–Crippen LogP) is 3.56. The molecule has 2 fully saturated rings. The molecule has 1 saturated carbocycles. The third kappa shape index (κ3) is 3.04. The molecular weight excluding hydrogens is 300 g/mol. The van der Waals surface area contributed by atoms with Crippen molar-refractivity contribution >= 4 is 15.9 Å². The first-order valence-electron chi connectivity index (χ1n) is 7.49. The van der Waals surface area contributed by atoms with Crippen molar-refractivity contribution in [2.75, 3.05) is 19.6 Å². The Balaban J connectivity index is 1.75. The van der Waals surface area contributed by atoms with Crippen LogP contribution < -0.4 is 5.32 Å². The molecule has 0 radical (unpaired) electrons. The summed E-state index contributed by atoms with van der Waals surface area (Å²) in [5.74, 6) is 0. The fourth-order valence-electron chi connectivity index (χ4n) is 3.64. The van der Waals surface area contributed by atoms with E-state index < -0.39 is 0 Å². The van der Waals surface area contributed by atoms with E-state index in [0.717, 1.165) is 13.1 Å². The number of rotatable bonds is 2. The van der Waals surface area contributed by atoms with Gasteiger partial charge in [-0.25, -0.2) is 0 Å². The summed E-state index contributed by atoms with van der Waals surface area (Å²) in [7, 11) is 0. The Bertz CT molecular complexity index is 401. The van der Waals surface area contributed by atoms with Gasteiger partial charge in [0.1, 0.15) is 0 Å². The first-order chi connectivity index (χ1) is 9.28. The zero-order chi connectivity index (χ0) is 13.1. The van der Waals surface area contributed by atoms with Crippen LogP contribution in [0.15, 0.2) is 28.7 Å². The topological polar surface area (TPSA) is 15.3 Å². The van der Waals surface area contributed by atoms with Gasteiger partial charge in [0.2, 0.25) is 0 Å². The van der Waals surface area contributed by atoms with Crippen LogP contribution in [0.5, 0.6) is 0 Å². The summed E-state index contributed by atoms with van der Waals surface area (Å²) >= 11 is 3.52. The standard InChI is InChI=1S/C16H23BrN2/c17-15-6-4-14(5-7-15)12-19-11-10-18-13-16(19)8-2-1-3-9-16/h4-7,18H,1-3,8-13H2. The smallest absolute Gasteiger partial charge is 0.0338 e. The maximum Gasteiger partial charge on any atom is 0.0338 e. The van der Waals surface area contributed by atoms with Crippen LogP contribution in [-0.4, -0.2) is 30.1 Å². The molecular formula is C16H23BrN2. The summed E-state index contributed by atoms with van der Waals surface area (Å²) in [5, 5.41) is 3.62. The molecule has 0 bridgehead atoms. The van der Waals surface area contributed by atoms with Crippen LogP contribution in [0.3, 0.4) is 0 Å². The molecule has 3 heteroatoms. The Morgan fingerprint density at radius 1 is 1.11 bits per heavy atom. The highest BCUT2D eigenvalue weighted by atomic mass is 79.9. The van der Waals surface area contributed by atoms with Crippen molar-refractivity contribution in [3.63, 3.8) is 0 Å². The van der Waals surface area contributed by atoms with Gasteiger partial charge in [-0.1, -0.05) is 47.3 Å². The van der Waals surface area contributed by atoms with Gasteiger partial charge in [0, 0.05) is 36.2 Å². The summed E-state index contributed by atoms with van der Waals surface area (Å²) in [4.78, 5) is 2.74. The first-order valence-corrected chi connectivity index (χ1v) is 8.28. The zero-order valence-electron chi connectivity index (χ0n) is 11.5. The molecule has 1 N–H and O–H groups in total. The third-order valence-corrected chi connectivity index (χ3v) is 5.28. The van der Waals surface area contributed by atoms with Gasteiger partial charge in [-0.2, -0.15) is 0 Å². The summed E-state index contributed by atoms with van der Waals surface area (Å²) in [6, 6.07) is 8.82. The highest BCUT2D eigenvalue weighted by molar-refractivity contribution is 9.10. The third-order valence-electron chi connectivity index (χ3n) is 4.75. The van der Waals surface area contributed by atoms with E-state index in [9.17, 15) is 0 Å². The summed E-state index contributed by atoms with van der Waals surface area (Å²) in [6.07, 6.45) is 6.97. The fraction of sp³-hybridized carbons (Fsp3) is 0.625. The number of piperazine rings is 1. The maximum atomic E-state index is 3.62. The van der Waals surface area contributed by atoms with Crippen LogP contribution in [0.1, 0.15) is 37.7 Å². The molecule has 2 aliphatic rings. The second kappa shape index (κ2) is 5.94. The fourth-order valence-corrected chi connectivity index (χ4v) is 3.91. The monoisotopic (exact) mass is 322 g/mol. The van der Waals surface area contributed by atoms with E-state index in [-0.39, 0.29) is 0 Å². The minimum absolute atomic E-state index is 0.434. The van der Waals surface area contributed by atoms with Gasteiger partial charge in [0.25, 0.3) is 0 Å². The number of hydrogen-bond donors (Lipinski definition) is 1. The molecule has 1 saturated heterocycles. The average Bonchev–Trinajstić information content (AvgIpc) is 2.45. The SMILES string of the molecule is Brc1ccc(CN2CCNCC23CCCCC3)cc1. The van der Waals surface area contributed by atoms with Crippen LogP contribution in [-0.2, 0) is 6.54 Å². The molecule has 1 spiro atoms. The van der Waals surface area contributed by atoms with E-state index in [1.807, 2.05) is 0 Å².